The summed E-state index contributed by atoms with van der Waals surface area (Å²) < 4.78 is 5.00. The molecule has 1 aromatic carbocycles. The van der Waals surface area contributed by atoms with Gasteiger partial charge in [0.05, 0.1) is 27.6 Å². The molecule has 0 saturated heterocycles. The van der Waals surface area contributed by atoms with Gasteiger partial charge in [0.1, 0.15) is 0 Å². The number of hydrogen-bond acceptors (Lipinski definition) is 7. The van der Waals surface area contributed by atoms with E-state index in [1.807, 2.05) is 0 Å². The van der Waals surface area contributed by atoms with Crippen molar-refractivity contribution in [3.05, 3.63) is 63.6 Å². The Labute approximate surface area is 169 Å². The summed E-state index contributed by atoms with van der Waals surface area (Å²) in [6, 6.07) is 10.0. The topological polar surface area (TPSA) is 105 Å². The molecule has 0 aliphatic heterocycles. The van der Waals surface area contributed by atoms with Gasteiger partial charge < -0.3 is 10.1 Å². The Balaban J connectivity index is 1.66. The molecule has 3 rings (SSSR count). The smallest absolute Gasteiger partial charge is 0.280 e. The van der Waals surface area contributed by atoms with Gasteiger partial charge in [0.2, 0.25) is 11.8 Å². The van der Waals surface area contributed by atoms with Crippen LogP contribution in [0.15, 0.2) is 42.6 Å². The number of methoxy groups -OCH3 is 1. The van der Waals surface area contributed by atoms with Crippen LogP contribution < -0.4 is 20.9 Å². The molecule has 0 fully saturated rings. The van der Waals surface area contributed by atoms with Crippen molar-refractivity contribution in [3.63, 3.8) is 0 Å². The fraction of sp³-hybridized carbons (Fsp3) is 0.111. The van der Waals surface area contributed by atoms with Gasteiger partial charge in [-0.05, 0) is 30.7 Å². The van der Waals surface area contributed by atoms with E-state index in [2.05, 4.69) is 26.1 Å². The zero-order valence-corrected chi connectivity index (χ0v) is 16.5. The molecule has 2 heterocycles. The minimum Gasteiger partial charge on any atom is -0.481 e. The number of hydrogen-bond donors (Lipinski definition) is 3. The summed E-state index contributed by atoms with van der Waals surface area (Å²) in [5.74, 6) is -0.174. The van der Waals surface area contributed by atoms with E-state index in [0.29, 0.717) is 31.9 Å². The molecule has 0 aliphatic rings. The molecule has 0 atom stereocenters. The second-order valence-corrected chi connectivity index (χ2v) is 7.02. The standard InChI is InChI=1S/C18H16ClN5O3S/c1-10-9-14(22-16(25)11-5-3-4-6-12(11)19)28-15(10)17(26)23-24-18-20-8-7-13(21-18)27-2/h3-9H,1-2H3,(H,22,25)(H,23,26)(H,20,21,24). The largest absolute Gasteiger partial charge is 0.481 e. The molecular formula is C18H16ClN5O3S. The van der Waals surface area contributed by atoms with E-state index in [-0.39, 0.29) is 17.8 Å². The molecule has 0 saturated carbocycles. The zero-order valence-electron chi connectivity index (χ0n) is 14.9. The van der Waals surface area contributed by atoms with Crippen molar-refractivity contribution in [2.24, 2.45) is 0 Å². The van der Waals surface area contributed by atoms with Crippen molar-refractivity contribution in [1.82, 2.24) is 15.4 Å². The summed E-state index contributed by atoms with van der Waals surface area (Å²) in [6.45, 7) is 1.78. The number of nitrogens with one attached hydrogen (secondary N) is 3. The van der Waals surface area contributed by atoms with Gasteiger partial charge in [-0.25, -0.2) is 4.98 Å². The number of nitrogens with zero attached hydrogens (tertiary/aromatic N) is 2. The van der Waals surface area contributed by atoms with Crippen LogP contribution in [0.3, 0.4) is 0 Å². The fourth-order valence-electron chi connectivity index (χ4n) is 2.28. The second-order valence-electron chi connectivity index (χ2n) is 5.56. The van der Waals surface area contributed by atoms with Crippen LogP contribution in [0.2, 0.25) is 5.02 Å². The van der Waals surface area contributed by atoms with Crippen molar-refractivity contribution >= 4 is 45.7 Å². The predicted molar refractivity (Wildman–Crippen MR) is 108 cm³/mol. The SMILES string of the molecule is COc1ccnc(NNC(=O)c2sc(NC(=O)c3ccccc3Cl)cc2C)n1. The summed E-state index contributed by atoms with van der Waals surface area (Å²) in [5.41, 5.74) is 6.22. The highest BCUT2D eigenvalue weighted by Crippen LogP contribution is 2.27. The molecule has 0 radical (unpaired) electrons. The van der Waals surface area contributed by atoms with Crippen LogP contribution in [0, 0.1) is 6.92 Å². The third-order valence-electron chi connectivity index (χ3n) is 3.61. The Morgan fingerprint density at radius 2 is 1.96 bits per heavy atom. The van der Waals surface area contributed by atoms with E-state index in [4.69, 9.17) is 16.3 Å². The number of thiophene rings is 1. The zero-order chi connectivity index (χ0) is 20.1. The van der Waals surface area contributed by atoms with Gasteiger partial charge in [0.15, 0.2) is 0 Å². The summed E-state index contributed by atoms with van der Waals surface area (Å²) in [4.78, 5) is 33.3. The van der Waals surface area contributed by atoms with Gasteiger partial charge in [0, 0.05) is 12.3 Å². The van der Waals surface area contributed by atoms with Crippen LogP contribution in [0.5, 0.6) is 5.88 Å². The van der Waals surface area contributed by atoms with Crippen LogP contribution in [-0.2, 0) is 0 Å². The lowest BCUT2D eigenvalue weighted by molar-refractivity contribution is 0.0964. The molecule has 3 N–H and O–H groups in total. The number of halogens is 1. The first-order valence-corrected chi connectivity index (χ1v) is 9.27. The number of amides is 2. The first-order valence-electron chi connectivity index (χ1n) is 8.07. The maximum Gasteiger partial charge on any atom is 0.280 e. The summed E-state index contributed by atoms with van der Waals surface area (Å²) in [5, 5.41) is 3.65. The van der Waals surface area contributed by atoms with Crippen LogP contribution in [0.25, 0.3) is 0 Å². The van der Waals surface area contributed by atoms with Gasteiger partial charge in [0.25, 0.3) is 11.8 Å². The number of aromatic nitrogens is 2. The Bertz CT molecular complexity index is 1020. The highest BCUT2D eigenvalue weighted by atomic mass is 35.5. The molecule has 28 heavy (non-hydrogen) atoms. The summed E-state index contributed by atoms with van der Waals surface area (Å²) in [7, 11) is 1.48. The third-order valence-corrected chi connectivity index (χ3v) is 5.09. The number of rotatable bonds is 6. The van der Waals surface area contributed by atoms with E-state index in [1.54, 1.807) is 43.3 Å². The molecule has 0 aliphatic carbocycles. The number of carbonyl (C=O) groups excluding carboxylic acids is 2. The highest BCUT2D eigenvalue weighted by molar-refractivity contribution is 7.18. The number of ether oxygens (including phenoxy) is 1. The summed E-state index contributed by atoms with van der Waals surface area (Å²) in [6.07, 6.45) is 1.50. The molecular weight excluding hydrogens is 402 g/mol. The lowest BCUT2D eigenvalue weighted by Crippen LogP contribution is -2.30. The van der Waals surface area contributed by atoms with Gasteiger partial charge in [-0.3, -0.25) is 20.4 Å². The third kappa shape index (κ3) is 4.56. The van der Waals surface area contributed by atoms with Gasteiger partial charge in [-0.15, -0.1) is 11.3 Å². The van der Waals surface area contributed by atoms with Gasteiger partial charge in [-0.1, -0.05) is 23.7 Å². The monoisotopic (exact) mass is 417 g/mol. The van der Waals surface area contributed by atoms with E-state index in [1.165, 1.54) is 13.3 Å². The second kappa shape index (κ2) is 8.68. The first-order chi connectivity index (χ1) is 13.5. The molecule has 3 aromatic rings. The average Bonchev–Trinajstić information content (AvgIpc) is 3.06. The first kappa shape index (κ1) is 19.6. The molecule has 0 spiro atoms. The maximum absolute atomic E-state index is 12.4. The van der Waals surface area contributed by atoms with E-state index >= 15 is 0 Å². The number of anilines is 2. The quantitative estimate of drug-likeness (QED) is 0.530. The Hall–Kier alpha value is -3.17. The minimum absolute atomic E-state index is 0.189. The highest BCUT2D eigenvalue weighted by Gasteiger charge is 2.17. The van der Waals surface area contributed by atoms with Gasteiger partial charge >= 0.3 is 0 Å². The maximum atomic E-state index is 12.4. The van der Waals surface area contributed by atoms with Crippen molar-refractivity contribution in [2.75, 3.05) is 17.9 Å². The van der Waals surface area contributed by atoms with Gasteiger partial charge in [-0.2, -0.15) is 4.98 Å². The van der Waals surface area contributed by atoms with E-state index in [0.717, 1.165) is 11.3 Å². The molecule has 10 heteroatoms. The molecule has 8 nitrogen and oxygen atoms in total. The minimum atomic E-state index is -0.382. The van der Waals surface area contributed by atoms with Crippen LogP contribution >= 0.6 is 22.9 Å². The van der Waals surface area contributed by atoms with Crippen molar-refractivity contribution in [2.45, 2.75) is 6.92 Å². The molecule has 2 amide bonds. The Kier molecular flexibility index (Phi) is 6.07. The number of hydrazine groups is 1. The van der Waals surface area contributed by atoms with Crippen molar-refractivity contribution in [3.8, 4) is 5.88 Å². The van der Waals surface area contributed by atoms with Crippen molar-refractivity contribution < 1.29 is 14.3 Å². The molecule has 2 aromatic heterocycles. The lowest BCUT2D eigenvalue weighted by Gasteiger charge is -2.07. The fourth-order valence-corrected chi connectivity index (χ4v) is 3.46. The molecule has 0 unspecified atom stereocenters. The van der Waals surface area contributed by atoms with Crippen LogP contribution in [0.1, 0.15) is 25.6 Å². The molecule has 0 bridgehead atoms. The van der Waals surface area contributed by atoms with Crippen LogP contribution in [0.4, 0.5) is 10.9 Å². The molecule has 144 valence electrons. The van der Waals surface area contributed by atoms with E-state index < -0.39 is 0 Å². The summed E-state index contributed by atoms with van der Waals surface area (Å²) >= 11 is 7.19. The Morgan fingerprint density at radius 1 is 1.18 bits per heavy atom. The number of aryl methyl sites for hydroxylation is 1. The van der Waals surface area contributed by atoms with Crippen LogP contribution in [-0.4, -0.2) is 28.9 Å². The Morgan fingerprint density at radius 3 is 2.71 bits per heavy atom. The van der Waals surface area contributed by atoms with E-state index in [9.17, 15) is 9.59 Å². The lowest BCUT2D eigenvalue weighted by atomic mass is 10.2. The van der Waals surface area contributed by atoms with Crippen molar-refractivity contribution in [1.29, 1.82) is 0 Å². The number of carbonyl (C=O) groups is 2. The normalized spacial score (nSPS) is 10.2. The predicted octanol–water partition coefficient (Wildman–Crippen LogP) is 3.52. The number of benzene rings is 1. The average molecular weight is 418 g/mol.